The number of hydrogen-bond acceptors (Lipinski definition) is 2. The SMILES string of the molecule is CC(C)(CNC(=O)Nc1c(F)cccc1Cl)C(=O)O. The van der Waals surface area contributed by atoms with Gasteiger partial charge in [-0.05, 0) is 26.0 Å². The fourth-order valence-corrected chi connectivity index (χ4v) is 1.36. The van der Waals surface area contributed by atoms with Crippen molar-refractivity contribution < 1.29 is 19.1 Å². The Hall–Kier alpha value is -1.82. The van der Waals surface area contributed by atoms with Crippen LogP contribution >= 0.6 is 11.6 Å². The van der Waals surface area contributed by atoms with E-state index in [1.165, 1.54) is 26.0 Å². The van der Waals surface area contributed by atoms with Crippen molar-refractivity contribution in [3.05, 3.63) is 29.0 Å². The summed E-state index contributed by atoms with van der Waals surface area (Å²) in [7, 11) is 0. The molecule has 0 spiro atoms. The number of halogens is 2. The molecule has 0 radical (unpaired) electrons. The number of nitrogens with one attached hydrogen (secondary N) is 2. The van der Waals surface area contributed by atoms with E-state index in [1.807, 2.05) is 0 Å². The van der Waals surface area contributed by atoms with Gasteiger partial charge in [-0.3, -0.25) is 4.79 Å². The number of carbonyl (C=O) groups excluding carboxylic acids is 1. The third-order valence-corrected chi connectivity index (χ3v) is 2.79. The lowest BCUT2D eigenvalue weighted by atomic mass is 9.94. The fraction of sp³-hybridized carbons (Fsp3) is 0.333. The number of carbonyl (C=O) groups is 2. The number of benzene rings is 1. The highest BCUT2D eigenvalue weighted by molar-refractivity contribution is 6.33. The molecule has 104 valence electrons. The summed E-state index contributed by atoms with van der Waals surface area (Å²) in [5.41, 5.74) is -1.26. The topological polar surface area (TPSA) is 78.4 Å². The first-order valence-corrected chi connectivity index (χ1v) is 5.84. The maximum atomic E-state index is 13.4. The highest BCUT2D eigenvalue weighted by Crippen LogP contribution is 2.24. The van der Waals surface area contributed by atoms with Crippen molar-refractivity contribution in [2.45, 2.75) is 13.8 Å². The van der Waals surface area contributed by atoms with Gasteiger partial charge in [0.15, 0.2) is 0 Å². The number of carboxylic acid groups (broad SMARTS) is 1. The molecule has 3 N–H and O–H groups in total. The van der Waals surface area contributed by atoms with Crippen molar-refractivity contribution in [2.75, 3.05) is 11.9 Å². The van der Waals surface area contributed by atoms with Gasteiger partial charge >= 0.3 is 12.0 Å². The molecule has 0 aromatic heterocycles. The van der Waals surface area contributed by atoms with Crippen LogP contribution in [0.15, 0.2) is 18.2 Å². The lowest BCUT2D eigenvalue weighted by molar-refractivity contribution is -0.146. The van der Waals surface area contributed by atoms with E-state index in [4.69, 9.17) is 16.7 Å². The van der Waals surface area contributed by atoms with Gasteiger partial charge in [-0.2, -0.15) is 0 Å². The smallest absolute Gasteiger partial charge is 0.319 e. The van der Waals surface area contributed by atoms with Crippen LogP contribution in [0.4, 0.5) is 14.9 Å². The number of carboxylic acids is 1. The average Bonchev–Trinajstić information content (AvgIpc) is 2.31. The van der Waals surface area contributed by atoms with Crippen LogP contribution in [-0.4, -0.2) is 23.7 Å². The molecule has 5 nitrogen and oxygen atoms in total. The molecule has 0 aliphatic rings. The van der Waals surface area contributed by atoms with Crippen molar-refractivity contribution in [3.63, 3.8) is 0 Å². The van der Waals surface area contributed by atoms with Crippen molar-refractivity contribution in [3.8, 4) is 0 Å². The normalized spacial score (nSPS) is 10.9. The second-order valence-electron chi connectivity index (χ2n) is 4.59. The molecule has 0 fully saturated rings. The van der Waals surface area contributed by atoms with E-state index in [-0.39, 0.29) is 17.3 Å². The zero-order chi connectivity index (χ0) is 14.6. The van der Waals surface area contributed by atoms with Crippen LogP contribution in [0, 0.1) is 11.2 Å². The largest absolute Gasteiger partial charge is 0.481 e. The molecule has 0 aliphatic carbocycles. The van der Waals surface area contributed by atoms with Gasteiger partial charge in [0.05, 0.1) is 16.1 Å². The van der Waals surface area contributed by atoms with Gasteiger partial charge in [0.1, 0.15) is 5.82 Å². The molecular weight excluding hydrogens is 275 g/mol. The summed E-state index contributed by atoms with van der Waals surface area (Å²) in [6.07, 6.45) is 0. The van der Waals surface area contributed by atoms with Crippen LogP contribution in [0.5, 0.6) is 0 Å². The molecule has 1 aromatic rings. The van der Waals surface area contributed by atoms with E-state index in [0.29, 0.717) is 0 Å². The third kappa shape index (κ3) is 4.10. The summed E-state index contributed by atoms with van der Waals surface area (Å²) in [5, 5.41) is 13.5. The summed E-state index contributed by atoms with van der Waals surface area (Å²) in [6, 6.07) is 3.28. The molecule has 1 rings (SSSR count). The van der Waals surface area contributed by atoms with Crippen LogP contribution in [0.25, 0.3) is 0 Å². The molecule has 1 aromatic carbocycles. The average molecular weight is 289 g/mol. The van der Waals surface area contributed by atoms with Crippen LogP contribution in [0.2, 0.25) is 5.02 Å². The lowest BCUT2D eigenvalue weighted by Crippen LogP contribution is -2.40. The molecule has 0 bridgehead atoms. The summed E-state index contributed by atoms with van der Waals surface area (Å²) in [5.74, 6) is -1.71. The highest BCUT2D eigenvalue weighted by Gasteiger charge is 2.27. The lowest BCUT2D eigenvalue weighted by Gasteiger charge is -2.19. The molecule has 0 saturated carbocycles. The minimum absolute atomic E-state index is 0.0626. The Morgan fingerprint density at radius 2 is 2.05 bits per heavy atom. The number of amides is 2. The summed E-state index contributed by atoms with van der Waals surface area (Å²) in [4.78, 5) is 22.4. The Morgan fingerprint density at radius 3 is 2.58 bits per heavy atom. The van der Waals surface area contributed by atoms with Gasteiger partial charge in [0.25, 0.3) is 0 Å². The summed E-state index contributed by atoms with van der Waals surface area (Å²) < 4.78 is 13.4. The summed E-state index contributed by atoms with van der Waals surface area (Å²) >= 11 is 5.74. The maximum Gasteiger partial charge on any atom is 0.319 e. The minimum atomic E-state index is -1.11. The number of aliphatic carboxylic acids is 1. The Balaban J connectivity index is 2.64. The number of rotatable bonds is 4. The molecule has 7 heteroatoms. The van der Waals surface area contributed by atoms with E-state index >= 15 is 0 Å². The van der Waals surface area contributed by atoms with E-state index in [2.05, 4.69) is 10.6 Å². The van der Waals surface area contributed by atoms with Gasteiger partial charge in [-0.15, -0.1) is 0 Å². The van der Waals surface area contributed by atoms with E-state index < -0.39 is 23.2 Å². The van der Waals surface area contributed by atoms with Gasteiger partial charge in [-0.1, -0.05) is 17.7 Å². The van der Waals surface area contributed by atoms with Crippen LogP contribution in [0.3, 0.4) is 0 Å². The number of para-hydroxylation sites is 1. The second-order valence-corrected chi connectivity index (χ2v) is 5.00. The molecule has 0 aliphatic heterocycles. The van der Waals surface area contributed by atoms with E-state index in [9.17, 15) is 14.0 Å². The monoisotopic (exact) mass is 288 g/mol. The third-order valence-electron chi connectivity index (χ3n) is 2.47. The Labute approximate surface area is 114 Å². The van der Waals surface area contributed by atoms with Crippen molar-refractivity contribution in [1.29, 1.82) is 0 Å². The molecule has 2 amide bonds. The first-order valence-electron chi connectivity index (χ1n) is 5.46. The van der Waals surface area contributed by atoms with Crippen molar-refractivity contribution in [1.82, 2.24) is 5.32 Å². The summed E-state index contributed by atoms with van der Waals surface area (Å²) in [6.45, 7) is 2.83. The first-order chi connectivity index (χ1) is 8.74. The van der Waals surface area contributed by atoms with Crippen LogP contribution < -0.4 is 10.6 Å². The molecular formula is C12H14ClFN2O3. The maximum absolute atomic E-state index is 13.4. The number of urea groups is 1. The Bertz CT molecular complexity index is 485. The minimum Gasteiger partial charge on any atom is -0.481 e. The Morgan fingerprint density at radius 1 is 1.42 bits per heavy atom. The van der Waals surface area contributed by atoms with Gasteiger partial charge in [-0.25, -0.2) is 9.18 Å². The van der Waals surface area contributed by atoms with Gasteiger partial charge < -0.3 is 15.7 Å². The van der Waals surface area contributed by atoms with Gasteiger partial charge in [0, 0.05) is 6.54 Å². The predicted octanol–water partition coefficient (Wildman–Crippen LogP) is 2.71. The van der Waals surface area contributed by atoms with Crippen LogP contribution in [0.1, 0.15) is 13.8 Å². The molecule has 0 saturated heterocycles. The van der Waals surface area contributed by atoms with Crippen LogP contribution in [-0.2, 0) is 4.79 Å². The highest BCUT2D eigenvalue weighted by atomic mass is 35.5. The molecule has 0 unspecified atom stereocenters. The van der Waals surface area contributed by atoms with Gasteiger partial charge in [0.2, 0.25) is 0 Å². The quantitative estimate of drug-likeness (QED) is 0.797. The predicted molar refractivity (Wildman–Crippen MR) is 69.8 cm³/mol. The Kier molecular flexibility index (Phi) is 4.72. The fourth-order valence-electron chi connectivity index (χ4n) is 1.15. The molecule has 0 atom stereocenters. The number of hydrogen-bond donors (Lipinski definition) is 3. The number of anilines is 1. The van der Waals surface area contributed by atoms with E-state index in [1.54, 1.807) is 0 Å². The first kappa shape index (κ1) is 15.2. The zero-order valence-electron chi connectivity index (χ0n) is 10.5. The van der Waals surface area contributed by atoms with E-state index in [0.717, 1.165) is 6.07 Å². The molecule has 19 heavy (non-hydrogen) atoms. The second kappa shape index (κ2) is 5.88. The standard InChI is InChI=1S/C12H14ClFN2O3/c1-12(2,10(17)18)6-15-11(19)16-9-7(13)4-3-5-8(9)14/h3-5H,6H2,1-2H3,(H,17,18)(H2,15,16,19). The van der Waals surface area contributed by atoms with Crippen molar-refractivity contribution >= 4 is 29.3 Å². The van der Waals surface area contributed by atoms with Crippen molar-refractivity contribution in [2.24, 2.45) is 5.41 Å². The molecule has 0 heterocycles. The zero-order valence-corrected chi connectivity index (χ0v) is 11.2.